The maximum Gasteiger partial charge on any atom is 0.211 e. The topological polar surface area (TPSA) is 18.5 Å². The summed E-state index contributed by atoms with van der Waals surface area (Å²) in [5.41, 5.74) is 1.31. The minimum atomic E-state index is -0.312. The van der Waals surface area contributed by atoms with Crippen LogP contribution in [0.3, 0.4) is 0 Å². The van der Waals surface area contributed by atoms with Gasteiger partial charge >= 0.3 is 0 Å². The fourth-order valence-electron chi connectivity index (χ4n) is 1.36. The lowest BCUT2D eigenvalue weighted by Crippen LogP contribution is -2.29. The molecule has 1 heterocycles. The van der Waals surface area contributed by atoms with Gasteiger partial charge in [0.05, 0.1) is 13.2 Å². The average molecular weight is 140 g/mol. The normalized spacial score (nSPS) is 28.3. The highest BCUT2D eigenvalue weighted by Crippen LogP contribution is 2.43. The SMILES string of the molecule is CCC1=CC12OCCCO2. The highest BCUT2D eigenvalue weighted by molar-refractivity contribution is 5.38. The van der Waals surface area contributed by atoms with Gasteiger partial charge in [-0.1, -0.05) is 6.92 Å². The van der Waals surface area contributed by atoms with Crippen LogP contribution in [-0.4, -0.2) is 19.0 Å². The summed E-state index contributed by atoms with van der Waals surface area (Å²) in [4.78, 5) is 0. The summed E-state index contributed by atoms with van der Waals surface area (Å²) in [6.45, 7) is 3.82. The second-order valence-corrected chi connectivity index (χ2v) is 2.74. The van der Waals surface area contributed by atoms with Gasteiger partial charge in [-0.3, -0.25) is 0 Å². The Hall–Kier alpha value is -0.340. The van der Waals surface area contributed by atoms with Crippen molar-refractivity contribution >= 4 is 0 Å². The number of hydrogen-bond donors (Lipinski definition) is 0. The van der Waals surface area contributed by atoms with Crippen molar-refractivity contribution in [3.63, 3.8) is 0 Å². The third kappa shape index (κ3) is 0.796. The summed E-state index contributed by atoms with van der Waals surface area (Å²) in [7, 11) is 0. The largest absolute Gasteiger partial charge is 0.343 e. The second-order valence-electron chi connectivity index (χ2n) is 2.74. The van der Waals surface area contributed by atoms with Gasteiger partial charge in [-0.2, -0.15) is 0 Å². The van der Waals surface area contributed by atoms with E-state index >= 15 is 0 Å². The lowest BCUT2D eigenvalue weighted by atomic mass is 10.3. The molecule has 0 bridgehead atoms. The minimum Gasteiger partial charge on any atom is -0.343 e. The number of hydrogen-bond acceptors (Lipinski definition) is 2. The molecule has 0 amide bonds. The molecule has 1 aliphatic heterocycles. The minimum absolute atomic E-state index is 0.312. The molecule has 0 N–H and O–H groups in total. The van der Waals surface area contributed by atoms with Crippen molar-refractivity contribution in [3.8, 4) is 0 Å². The monoisotopic (exact) mass is 140 g/mol. The predicted molar refractivity (Wildman–Crippen MR) is 37.6 cm³/mol. The van der Waals surface area contributed by atoms with Crippen molar-refractivity contribution in [1.29, 1.82) is 0 Å². The van der Waals surface area contributed by atoms with E-state index in [4.69, 9.17) is 9.47 Å². The van der Waals surface area contributed by atoms with Crippen LogP contribution in [0.5, 0.6) is 0 Å². The van der Waals surface area contributed by atoms with Crippen molar-refractivity contribution in [3.05, 3.63) is 11.6 Å². The fraction of sp³-hybridized carbons (Fsp3) is 0.750. The highest BCUT2D eigenvalue weighted by Gasteiger charge is 2.46. The molecule has 0 aromatic rings. The lowest BCUT2D eigenvalue weighted by molar-refractivity contribution is -0.188. The summed E-state index contributed by atoms with van der Waals surface area (Å²) in [5.74, 6) is -0.312. The summed E-state index contributed by atoms with van der Waals surface area (Å²) in [5, 5.41) is 0. The van der Waals surface area contributed by atoms with Gasteiger partial charge in [0.1, 0.15) is 0 Å². The van der Waals surface area contributed by atoms with Crippen LogP contribution in [0.15, 0.2) is 11.6 Å². The van der Waals surface area contributed by atoms with Crippen LogP contribution in [0.4, 0.5) is 0 Å². The summed E-state index contributed by atoms with van der Waals surface area (Å²) in [6.07, 6.45) is 4.17. The van der Waals surface area contributed by atoms with Crippen molar-refractivity contribution in [2.24, 2.45) is 0 Å². The van der Waals surface area contributed by atoms with Crippen molar-refractivity contribution in [2.75, 3.05) is 13.2 Å². The van der Waals surface area contributed by atoms with E-state index in [1.165, 1.54) is 5.57 Å². The molecule has 0 saturated carbocycles. The molecule has 2 aliphatic rings. The van der Waals surface area contributed by atoms with Crippen molar-refractivity contribution in [2.45, 2.75) is 25.6 Å². The van der Waals surface area contributed by atoms with E-state index in [-0.39, 0.29) is 5.79 Å². The number of ether oxygens (including phenoxy) is 2. The Kier molecular flexibility index (Phi) is 1.32. The summed E-state index contributed by atoms with van der Waals surface area (Å²) in [6, 6.07) is 0. The van der Waals surface area contributed by atoms with Gasteiger partial charge in [0.2, 0.25) is 5.79 Å². The van der Waals surface area contributed by atoms with E-state index < -0.39 is 0 Å². The average Bonchev–Trinajstić information content (AvgIpc) is 2.65. The predicted octanol–water partition coefficient (Wildman–Crippen LogP) is 1.47. The maximum atomic E-state index is 5.47. The van der Waals surface area contributed by atoms with E-state index in [9.17, 15) is 0 Å². The van der Waals surface area contributed by atoms with Crippen LogP contribution in [0.2, 0.25) is 0 Å². The summed E-state index contributed by atoms with van der Waals surface area (Å²) < 4.78 is 10.9. The Balaban J connectivity index is 1.94. The van der Waals surface area contributed by atoms with Crippen molar-refractivity contribution < 1.29 is 9.47 Å². The quantitative estimate of drug-likeness (QED) is 0.513. The zero-order valence-corrected chi connectivity index (χ0v) is 6.22. The van der Waals surface area contributed by atoms with Crippen LogP contribution < -0.4 is 0 Å². The molecule has 10 heavy (non-hydrogen) atoms. The van der Waals surface area contributed by atoms with Crippen LogP contribution in [0.1, 0.15) is 19.8 Å². The van der Waals surface area contributed by atoms with Gasteiger partial charge in [0, 0.05) is 0 Å². The molecule has 0 unspecified atom stereocenters. The molecule has 0 aromatic carbocycles. The molecule has 1 spiro atoms. The highest BCUT2D eigenvalue weighted by atomic mass is 16.7. The third-order valence-corrected chi connectivity index (χ3v) is 2.03. The van der Waals surface area contributed by atoms with Crippen LogP contribution in [0.25, 0.3) is 0 Å². The molecular weight excluding hydrogens is 128 g/mol. The Morgan fingerprint density at radius 3 is 2.70 bits per heavy atom. The maximum absolute atomic E-state index is 5.47. The van der Waals surface area contributed by atoms with E-state index in [0.29, 0.717) is 0 Å². The molecule has 0 radical (unpaired) electrons. The smallest absolute Gasteiger partial charge is 0.211 e. The molecule has 56 valence electrons. The van der Waals surface area contributed by atoms with E-state index in [0.717, 1.165) is 26.1 Å². The van der Waals surface area contributed by atoms with Crippen LogP contribution in [-0.2, 0) is 9.47 Å². The van der Waals surface area contributed by atoms with Gasteiger partial charge < -0.3 is 9.47 Å². The molecule has 0 atom stereocenters. The molecular formula is C8H12O2. The van der Waals surface area contributed by atoms with Gasteiger partial charge in [0.15, 0.2) is 0 Å². The van der Waals surface area contributed by atoms with Gasteiger partial charge in [0.25, 0.3) is 0 Å². The van der Waals surface area contributed by atoms with E-state index in [1.54, 1.807) is 0 Å². The second kappa shape index (κ2) is 2.07. The van der Waals surface area contributed by atoms with Gasteiger partial charge in [-0.15, -0.1) is 0 Å². The Morgan fingerprint density at radius 1 is 1.50 bits per heavy atom. The molecule has 2 rings (SSSR count). The van der Waals surface area contributed by atoms with Crippen molar-refractivity contribution in [1.82, 2.24) is 0 Å². The molecule has 1 saturated heterocycles. The van der Waals surface area contributed by atoms with Gasteiger partial charge in [-0.05, 0) is 24.5 Å². The Labute approximate surface area is 60.8 Å². The number of rotatable bonds is 1. The molecule has 2 nitrogen and oxygen atoms in total. The summed E-state index contributed by atoms with van der Waals surface area (Å²) >= 11 is 0. The van der Waals surface area contributed by atoms with E-state index in [2.05, 4.69) is 13.0 Å². The first-order valence-corrected chi connectivity index (χ1v) is 3.87. The standard InChI is InChI=1S/C8H12O2/c1-2-7-6-8(7)9-4-3-5-10-8/h6H,2-5H2,1H3. The van der Waals surface area contributed by atoms with Gasteiger partial charge in [-0.25, -0.2) is 0 Å². The lowest BCUT2D eigenvalue weighted by Gasteiger charge is -2.24. The van der Waals surface area contributed by atoms with E-state index in [1.807, 2.05) is 0 Å². The molecule has 0 aromatic heterocycles. The zero-order valence-electron chi connectivity index (χ0n) is 6.22. The molecule has 1 fully saturated rings. The first-order valence-electron chi connectivity index (χ1n) is 3.87. The Morgan fingerprint density at radius 2 is 2.20 bits per heavy atom. The zero-order chi connectivity index (χ0) is 7.03. The Bertz CT molecular complexity index is 166. The fourth-order valence-corrected chi connectivity index (χ4v) is 1.36. The third-order valence-electron chi connectivity index (χ3n) is 2.03. The van der Waals surface area contributed by atoms with Crippen LogP contribution >= 0.6 is 0 Å². The molecule has 2 heteroatoms. The molecule has 1 aliphatic carbocycles. The first-order chi connectivity index (χ1) is 4.87. The van der Waals surface area contributed by atoms with Crippen LogP contribution in [0, 0.1) is 0 Å². The first kappa shape index (κ1) is 6.38.